The smallest absolute Gasteiger partial charge is 0.169 e. The van der Waals surface area contributed by atoms with E-state index in [-0.39, 0.29) is 0 Å². The van der Waals surface area contributed by atoms with Crippen LogP contribution in [-0.2, 0) is 6.54 Å². The molecule has 0 aliphatic heterocycles. The van der Waals surface area contributed by atoms with E-state index in [2.05, 4.69) is 5.32 Å². The third kappa shape index (κ3) is 2.96. The fourth-order valence-corrected chi connectivity index (χ4v) is 1.62. The summed E-state index contributed by atoms with van der Waals surface area (Å²) < 4.78 is 5.50. The van der Waals surface area contributed by atoms with Gasteiger partial charge in [-0.3, -0.25) is 0 Å². The summed E-state index contributed by atoms with van der Waals surface area (Å²) in [5.41, 5.74) is 0. The molecule has 0 saturated heterocycles. The molecule has 1 aromatic rings. The molecule has 0 atom stereocenters. The topological polar surface area (TPSA) is 28.4 Å². The maximum Gasteiger partial charge on any atom is 0.169 e. The van der Waals surface area contributed by atoms with E-state index in [0.29, 0.717) is 6.04 Å². The van der Waals surface area contributed by atoms with Gasteiger partial charge in [-0.25, -0.2) is 0 Å². The van der Waals surface area contributed by atoms with Crippen molar-refractivity contribution in [3.63, 3.8) is 0 Å². The molecule has 1 aliphatic carbocycles. The third-order valence-corrected chi connectivity index (χ3v) is 2.87. The fraction of sp³-hybridized carbons (Fsp3) is 0.545. The molecule has 2 rings (SSSR count). The molecule has 1 heterocycles. The second-order valence-corrected chi connectivity index (χ2v) is 4.48. The Labute approximate surface area is 95.4 Å². The molecule has 1 aliphatic rings. The van der Waals surface area contributed by atoms with Crippen LogP contribution < -0.4 is 5.32 Å². The molecule has 82 valence electrons. The summed E-state index contributed by atoms with van der Waals surface area (Å²) in [6.45, 7) is 2.68. The van der Waals surface area contributed by atoms with E-state index in [1.807, 2.05) is 31.0 Å². The van der Waals surface area contributed by atoms with Crippen LogP contribution >= 0.6 is 12.2 Å². The highest BCUT2D eigenvalue weighted by Crippen LogP contribution is 2.19. The van der Waals surface area contributed by atoms with Gasteiger partial charge in [0.2, 0.25) is 0 Å². The van der Waals surface area contributed by atoms with Crippen molar-refractivity contribution in [2.45, 2.75) is 32.4 Å². The lowest BCUT2D eigenvalue weighted by Crippen LogP contribution is -2.37. The minimum atomic E-state index is 0.610. The molecule has 15 heavy (non-hydrogen) atoms. The van der Waals surface area contributed by atoms with Gasteiger partial charge in [0.1, 0.15) is 11.5 Å². The maximum absolute atomic E-state index is 5.50. The SMILES string of the molecule is Cc1ccc(CN(C)C(=S)NC2CC2)o1. The number of rotatable bonds is 3. The van der Waals surface area contributed by atoms with Crippen LogP contribution in [0.4, 0.5) is 0 Å². The molecule has 1 fully saturated rings. The average molecular weight is 224 g/mol. The van der Waals surface area contributed by atoms with E-state index in [4.69, 9.17) is 16.6 Å². The van der Waals surface area contributed by atoms with Gasteiger partial charge in [0.25, 0.3) is 0 Å². The molecule has 0 unspecified atom stereocenters. The van der Waals surface area contributed by atoms with Gasteiger partial charge in [0.05, 0.1) is 6.54 Å². The summed E-state index contributed by atoms with van der Waals surface area (Å²) in [6.07, 6.45) is 2.49. The Morgan fingerprint density at radius 3 is 2.87 bits per heavy atom. The van der Waals surface area contributed by atoms with Gasteiger partial charge < -0.3 is 14.6 Å². The minimum Gasteiger partial charge on any atom is -0.464 e. The summed E-state index contributed by atoms with van der Waals surface area (Å²) in [7, 11) is 1.98. The third-order valence-electron chi connectivity index (χ3n) is 2.44. The van der Waals surface area contributed by atoms with Crippen LogP contribution in [-0.4, -0.2) is 23.1 Å². The molecule has 0 aromatic carbocycles. The second kappa shape index (κ2) is 4.23. The first-order valence-corrected chi connectivity index (χ1v) is 5.63. The van der Waals surface area contributed by atoms with Crippen LogP contribution in [0.3, 0.4) is 0 Å². The van der Waals surface area contributed by atoms with Crippen molar-refractivity contribution in [3.05, 3.63) is 23.7 Å². The maximum atomic E-state index is 5.50. The van der Waals surface area contributed by atoms with Gasteiger partial charge >= 0.3 is 0 Å². The van der Waals surface area contributed by atoms with Crippen LogP contribution in [0.15, 0.2) is 16.5 Å². The predicted molar refractivity (Wildman–Crippen MR) is 63.7 cm³/mol. The van der Waals surface area contributed by atoms with Crippen molar-refractivity contribution in [2.75, 3.05) is 7.05 Å². The van der Waals surface area contributed by atoms with Gasteiger partial charge in [-0.1, -0.05) is 0 Å². The van der Waals surface area contributed by atoms with Crippen LogP contribution in [0.2, 0.25) is 0 Å². The molecule has 4 heteroatoms. The number of hydrogen-bond acceptors (Lipinski definition) is 2. The van der Waals surface area contributed by atoms with Crippen molar-refractivity contribution in [3.8, 4) is 0 Å². The van der Waals surface area contributed by atoms with Gasteiger partial charge in [-0.15, -0.1) is 0 Å². The average Bonchev–Trinajstić information content (AvgIpc) is 2.90. The number of thiocarbonyl (C=S) groups is 1. The Morgan fingerprint density at radius 2 is 2.33 bits per heavy atom. The van der Waals surface area contributed by atoms with Crippen LogP contribution in [0.25, 0.3) is 0 Å². The number of furan rings is 1. The molecular weight excluding hydrogens is 208 g/mol. The molecule has 1 aromatic heterocycles. The van der Waals surface area contributed by atoms with E-state index in [1.54, 1.807) is 0 Å². The number of aryl methyl sites for hydroxylation is 1. The Morgan fingerprint density at radius 1 is 1.60 bits per heavy atom. The van der Waals surface area contributed by atoms with E-state index < -0.39 is 0 Å². The van der Waals surface area contributed by atoms with Crippen LogP contribution in [0.5, 0.6) is 0 Å². The van der Waals surface area contributed by atoms with Crippen molar-refractivity contribution >= 4 is 17.3 Å². The zero-order valence-corrected chi connectivity index (χ0v) is 9.93. The fourth-order valence-electron chi connectivity index (χ4n) is 1.39. The highest BCUT2D eigenvalue weighted by atomic mass is 32.1. The largest absolute Gasteiger partial charge is 0.464 e. The zero-order chi connectivity index (χ0) is 10.8. The van der Waals surface area contributed by atoms with Gasteiger partial charge in [-0.2, -0.15) is 0 Å². The predicted octanol–water partition coefficient (Wildman–Crippen LogP) is 2.06. The lowest BCUT2D eigenvalue weighted by Gasteiger charge is -2.19. The molecule has 0 spiro atoms. The second-order valence-electron chi connectivity index (χ2n) is 4.09. The summed E-state index contributed by atoms with van der Waals surface area (Å²) in [5, 5.41) is 4.11. The first kappa shape index (κ1) is 10.5. The van der Waals surface area contributed by atoms with E-state index in [0.717, 1.165) is 23.2 Å². The van der Waals surface area contributed by atoms with Crippen molar-refractivity contribution in [1.29, 1.82) is 0 Å². The molecular formula is C11H16N2OS. The molecule has 1 N–H and O–H groups in total. The standard InChI is InChI=1S/C11H16N2OS/c1-8-3-6-10(14-8)7-13(2)11(15)12-9-4-5-9/h3,6,9H,4-5,7H2,1-2H3,(H,12,15). The normalized spacial score (nSPS) is 15.1. The summed E-state index contributed by atoms with van der Waals surface area (Å²) in [4.78, 5) is 2.01. The molecule has 0 radical (unpaired) electrons. The number of hydrogen-bond donors (Lipinski definition) is 1. The lowest BCUT2D eigenvalue weighted by atomic mass is 10.4. The summed E-state index contributed by atoms with van der Waals surface area (Å²) >= 11 is 5.27. The van der Waals surface area contributed by atoms with Crippen LogP contribution in [0.1, 0.15) is 24.4 Å². The van der Waals surface area contributed by atoms with Gasteiger partial charge in [0, 0.05) is 13.1 Å². The molecule has 0 amide bonds. The van der Waals surface area contributed by atoms with Crippen LogP contribution in [0, 0.1) is 6.92 Å². The Bertz CT molecular complexity index is 357. The van der Waals surface area contributed by atoms with Crippen molar-refractivity contribution in [2.24, 2.45) is 0 Å². The van der Waals surface area contributed by atoms with E-state index in [1.165, 1.54) is 12.8 Å². The molecule has 3 nitrogen and oxygen atoms in total. The lowest BCUT2D eigenvalue weighted by molar-refractivity contribution is 0.396. The molecule has 1 saturated carbocycles. The number of nitrogens with zero attached hydrogens (tertiary/aromatic N) is 1. The monoisotopic (exact) mass is 224 g/mol. The highest BCUT2D eigenvalue weighted by Gasteiger charge is 2.23. The summed E-state index contributed by atoms with van der Waals surface area (Å²) in [5.74, 6) is 1.90. The Balaban J connectivity index is 1.84. The Kier molecular flexibility index (Phi) is 2.95. The minimum absolute atomic E-state index is 0.610. The van der Waals surface area contributed by atoms with Crippen molar-refractivity contribution < 1.29 is 4.42 Å². The van der Waals surface area contributed by atoms with Gasteiger partial charge in [-0.05, 0) is 44.1 Å². The first-order chi connectivity index (χ1) is 7.15. The zero-order valence-electron chi connectivity index (χ0n) is 9.12. The summed E-state index contributed by atoms with van der Waals surface area (Å²) in [6, 6.07) is 4.57. The number of nitrogens with one attached hydrogen (secondary N) is 1. The highest BCUT2D eigenvalue weighted by molar-refractivity contribution is 7.80. The van der Waals surface area contributed by atoms with Gasteiger partial charge in [0.15, 0.2) is 5.11 Å². The Hall–Kier alpha value is -1.03. The first-order valence-electron chi connectivity index (χ1n) is 5.22. The van der Waals surface area contributed by atoms with E-state index in [9.17, 15) is 0 Å². The van der Waals surface area contributed by atoms with Crippen molar-refractivity contribution in [1.82, 2.24) is 10.2 Å². The quantitative estimate of drug-likeness (QED) is 0.796. The molecule has 0 bridgehead atoms. The van der Waals surface area contributed by atoms with E-state index >= 15 is 0 Å².